The van der Waals surface area contributed by atoms with Crippen LogP contribution in [0.1, 0.15) is 40.2 Å². The summed E-state index contributed by atoms with van der Waals surface area (Å²) in [6.45, 7) is 12.7. The molecule has 188 valence electrons. The minimum atomic E-state index is -4.71. The Morgan fingerprint density at radius 1 is 1.03 bits per heavy atom. The van der Waals surface area contributed by atoms with E-state index in [1.165, 1.54) is 24.3 Å². The van der Waals surface area contributed by atoms with Gasteiger partial charge in [-0.1, -0.05) is 26.0 Å². The van der Waals surface area contributed by atoms with E-state index in [0.29, 0.717) is 18.8 Å². The zero-order valence-corrected chi connectivity index (χ0v) is 20.4. The molecule has 0 aliphatic rings. The van der Waals surface area contributed by atoms with Gasteiger partial charge in [-0.3, -0.25) is 4.99 Å². The van der Waals surface area contributed by atoms with Crippen molar-refractivity contribution in [3.63, 3.8) is 0 Å². The molecule has 3 N–H and O–H groups in total. The number of hydrogen-bond donors (Lipinski definition) is 2. The summed E-state index contributed by atoms with van der Waals surface area (Å²) >= 11 is 0. The van der Waals surface area contributed by atoms with Gasteiger partial charge in [0, 0.05) is 24.8 Å². The Labute approximate surface area is 200 Å². The van der Waals surface area contributed by atoms with Crippen LogP contribution in [0.15, 0.2) is 53.5 Å². The van der Waals surface area contributed by atoms with E-state index in [1.807, 2.05) is 24.3 Å². The topological polar surface area (TPSA) is 72.1 Å². The average Bonchev–Trinajstić information content (AvgIpc) is 2.77. The fourth-order valence-electron chi connectivity index (χ4n) is 3.03. The van der Waals surface area contributed by atoms with Crippen molar-refractivity contribution in [3.8, 4) is 11.5 Å². The zero-order valence-electron chi connectivity index (χ0n) is 20.4. The molecule has 9 heteroatoms. The quantitative estimate of drug-likeness (QED) is 0.340. The SMILES string of the molecule is CCN(C(=NCC(C)(C)CN)Nc1ccc(OCc2ccc(OC(F)(F)F)cc2)cc1)C(C)C. The van der Waals surface area contributed by atoms with Gasteiger partial charge in [0.15, 0.2) is 5.96 Å². The van der Waals surface area contributed by atoms with E-state index in [9.17, 15) is 13.2 Å². The molecule has 0 atom stereocenters. The maximum atomic E-state index is 12.3. The summed E-state index contributed by atoms with van der Waals surface area (Å²) in [7, 11) is 0. The summed E-state index contributed by atoms with van der Waals surface area (Å²) < 4.78 is 46.5. The van der Waals surface area contributed by atoms with Gasteiger partial charge in [0.25, 0.3) is 0 Å². The summed E-state index contributed by atoms with van der Waals surface area (Å²) in [5, 5.41) is 3.41. The van der Waals surface area contributed by atoms with Crippen molar-refractivity contribution in [3.05, 3.63) is 54.1 Å². The molecule has 0 fully saturated rings. The summed E-state index contributed by atoms with van der Waals surface area (Å²) in [6, 6.07) is 13.3. The van der Waals surface area contributed by atoms with Gasteiger partial charge in [-0.15, -0.1) is 13.2 Å². The van der Waals surface area contributed by atoms with Crippen molar-refractivity contribution < 1.29 is 22.6 Å². The van der Waals surface area contributed by atoms with E-state index in [1.54, 1.807) is 0 Å². The Bertz CT molecular complexity index is 911. The van der Waals surface area contributed by atoms with Crippen LogP contribution < -0.4 is 20.5 Å². The third-order valence-electron chi connectivity index (χ3n) is 5.12. The molecule has 2 aromatic rings. The summed E-state index contributed by atoms with van der Waals surface area (Å²) in [6.07, 6.45) is -4.71. The predicted molar refractivity (Wildman–Crippen MR) is 130 cm³/mol. The summed E-state index contributed by atoms with van der Waals surface area (Å²) in [5.41, 5.74) is 7.36. The Morgan fingerprint density at radius 3 is 2.12 bits per heavy atom. The van der Waals surface area contributed by atoms with Gasteiger partial charge in [0.1, 0.15) is 18.1 Å². The molecular formula is C25H35F3N4O2. The number of nitrogens with one attached hydrogen (secondary N) is 1. The van der Waals surface area contributed by atoms with Crippen LogP contribution in [0.3, 0.4) is 0 Å². The molecule has 0 saturated heterocycles. The maximum Gasteiger partial charge on any atom is 0.573 e. The van der Waals surface area contributed by atoms with Crippen LogP contribution in [-0.2, 0) is 6.61 Å². The van der Waals surface area contributed by atoms with E-state index >= 15 is 0 Å². The van der Waals surface area contributed by atoms with Crippen LogP contribution in [0.5, 0.6) is 11.5 Å². The standard InChI is InChI=1S/C25H35F3N4O2/c1-6-32(18(2)3)23(30-17-24(4,5)16-29)31-20-9-13-21(14-10-20)33-15-19-7-11-22(12-8-19)34-25(26,27)28/h7-14,18H,6,15-17,29H2,1-5H3,(H,30,31). The van der Waals surface area contributed by atoms with Crippen LogP contribution in [0.2, 0.25) is 0 Å². The Morgan fingerprint density at radius 2 is 1.62 bits per heavy atom. The molecule has 6 nitrogen and oxygen atoms in total. The second-order valence-corrected chi connectivity index (χ2v) is 9.02. The number of halogens is 3. The Balaban J connectivity index is 2.03. The molecule has 0 heterocycles. The number of alkyl halides is 3. The van der Waals surface area contributed by atoms with Gasteiger partial charge in [-0.2, -0.15) is 0 Å². The molecule has 0 spiro atoms. The van der Waals surface area contributed by atoms with Gasteiger partial charge >= 0.3 is 6.36 Å². The average molecular weight is 481 g/mol. The number of nitrogens with zero attached hydrogens (tertiary/aromatic N) is 2. The van der Waals surface area contributed by atoms with Crippen molar-refractivity contribution >= 4 is 11.6 Å². The van der Waals surface area contributed by atoms with Gasteiger partial charge in [-0.25, -0.2) is 0 Å². The van der Waals surface area contributed by atoms with Crippen LogP contribution in [0.25, 0.3) is 0 Å². The van der Waals surface area contributed by atoms with E-state index in [4.69, 9.17) is 15.5 Å². The van der Waals surface area contributed by atoms with E-state index in [2.05, 4.69) is 49.6 Å². The Hall–Kier alpha value is -2.94. The van der Waals surface area contributed by atoms with E-state index < -0.39 is 6.36 Å². The van der Waals surface area contributed by atoms with Crippen molar-refractivity contribution in [1.82, 2.24) is 4.90 Å². The molecule has 0 amide bonds. The van der Waals surface area contributed by atoms with Crippen LogP contribution in [-0.4, -0.2) is 42.9 Å². The predicted octanol–water partition coefficient (Wildman–Crippen LogP) is 5.65. The van der Waals surface area contributed by atoms with E-state index in [-0.39, 0.29) is 23.8 Å². The van der Waals surface area contributed by atoms with Crippen LogP contribution in [0.4, 0.5) is 18.9 Å². The van der Waals surface area contributed by atoms with Gasteiger partial charge in [0.05, 0.1) is 0 Å². The number of aliphatic imine (C=N–C) groups is 1. The molecule has 2 rings (SSSR count). The minimum Gasteiger partial charge on any atom is -0.489 e. The lowest BCUT2D eigenvalue weighted by atomic mass is 9.94. The second-order valence-electron chi connectivity index (χ2n) is 9.02. The number of anilines is 1. The molecule has 0 radical (unpaired) electrons. The first-order valence-corrected chi connectivity index (χ1v) is 11.3. The monoisotopic (exact) mass is 480 g/mol. The van der Waals surface area contributed by atoms with Crippen molar-refractivity contribution in [2.45, 2.75) is 53.6 Å². The number of hydrogen-bond acceptors (Lipinski definition) is 4. The number of nitrogens with two attached hydrogens (primary N) is 1. The fourth-order valence-corrected chi connectivity index (χ4v) is 3.03. The first-order chi connectivity index (χ1) is 15.9. The highest BCUT2D eigenvalue weighted by Gasteiger charge is 2.30. The van der Waals surface area contributed by atoms with Crippen LogP contribution >= 0.6 is 0 Å². The highest BCUT2D eigenvalue weighted by molar-refractivity contribution is 5.94. The third-order valence-corrected chi connectivity index (χ3v) is 5.12. The van der Waals surface area contributed by atoms with Gasteiger partial charge in [0.2, 0.25) is 0 Å². The molecule has 0 saturated carbocycles. The smallest absolute Gasteiger partial charge is 0.489 e. The third kappa shape index (κ3) is 9.13. The second kappa shape index (κ2) is 12.0. The van der Waals surface area contributed by atoms with Gasteiger partial charge in [-0.05, 0) is 74.7 Å². The lowest BCUT2D eigenvalue weighted by Crippen LogP contribution is -2.42. The van der Waals surface area contributed by atoms with Crippen molar-refractivity contribution in [1.29, 1.82) is 0 Å². The van der Waals surface area contributed by atoms with Crippen molar-refractivity contribution in [2.75, 3.05) is 25.0 Å². The molecule has 0 aromatic heterocycles. The van der Waals surface area contributed by atoms with Crippen LogP contribution in [0, 0.1) is 5.41 Å². The number of rotatable bonds is 10. The minimum absolute atomic E-state index is 0.0991. The van der Waals surface area contributed by atoms with Crippen molar-refractivity contribution in [2.24, 2.45) is 16.1 Å². The molecule has 0 aliphatic carbocycles. The zero-order chi connectivity index (χ0) is 25.4. The Kier molecular flexibility index (Phi) is 9.61. The summed E-state index contributed by atoms with van der Waals surface area (Å²) in [4.78, 5) is 7.00. The first kappa shape index (κ1) is 27.3. The number of guanidine groups is 1. The normalized spacial score (nSPS) is 12.6. The highest BCUT2D eigenvalue weighted by Crippen LogP contribution is 2.24. The molecule has 0 unspecified atom stereocenters. The molecule has 2 aromatic carbocycles. The molecule has 34 heavy (non-hydrogen) atoms. The fraction of sp³-hybridized carbons (Fsp3) is 0.480. The molecule has 0 aliphatic heterocycles. The first-order valence-electron chi connectivity index (χ1n) is 11.3. The summed E-state index contributed by atoms with van der Waals surface area (Å²) in [5.74, 6) is 1.16. The lowest BCUT2D eigenvalue weighted by Gasteiger charge is -2.30. The van der Waals surface area contributed by atoms with E-state index in [0.717, 1.165) is 23.8 Å². The number of benzene rings is 2. The molecule has 0 bridgehead atoms. The van der Waals surface area contributed by atoms with Gasteiger partial charge < -0.3 is 25.4 Å². The lowest BCUT2D eigenvalue weighted by molar-refractivity contribution is -0.274. The maximum absolute atomic E-state index is 12.3. The highest BCUT2D eigenvalue weighted by atomic mass is 19.4. The number of ether oxygens (including phenoxy) is 2. The largest absolute Gasteiger partial charge is 0.573 e. The molecular weight excluding hydrogens is 445 g/mol.